The van der Waals surface area contributed by atoms with Crippen LogP contribution in [0.5, 0.6) is 0 Å². The van der Waals surface area contributed by atoms with Crippen molar-refractivity contribution in [2.45, 2.75) is 6.92 Å². The van der Waals surface area contributed by atoms with Crippen LogP contribution in [0.2, 0.25) is 0 Å². The van der Waals surface area contributed by atoms with E-state index in [1.54, 1.807) is 18.5 Å². The van der Waals surface area contributed by atoms with Gasteiger partial charge in [-0.3, -0.25) is 4.79 Å². The smallest absolute Gasteiger partial charge is 0.248 e. The molecule has 0 saturated carbocycles. The monoisotopic (exact) mass is 315 g/mol. The van der Waals surface area contributed by atoms with E-state index >= 15 is 0 Å². The SMILES string of the molecule is Cc1ccc(/C=C/C(=O)Nc2cnc(-c3ccccc3)nc2)cc1. The molecule has 0 saturated heterocycles. The fourth-order valence-corrected chi connectivity index (χ4v) is 2.16. The molecule has 0 radical (unpaired) electrons. The van der Waals surface area contributed by atoms with Crippen LogP contribution in [-0.2, 0) is 4.79 Å². The second-order valence-electron chi connectivity index (χ2n) is 5.39. The predicted molar refractivity (Wildman–Crippen MR) is 96.3 cm³/mol. The second-order valence-corrected chi connectivity index (χ2v) is 5.39. The third-order valence-corrected chi connectivity index (χ3v) is 3.46. The number of rotatable bonds is 4. The second kappa shape index (κ2) is 7.33. The lowest BCUT2D eigenvalue weighted by atomic mass is 10.1. The molecular weight excluding hydrogens is 298 g/mol. The van der Waals surface area contributed by atoms with Crippen LogP contribution in [0.4, 0.5) is 5.69 Å². The molecule has 4 nitrogen and oxygen atoms in total. The summed E-state index contributed by atoms with van der Waals surface area (Å²) in [5.41, 5.74) is 3.67. The van der Waals surface area contributed by atoms with Gasteiger partial charge in [0.1, 0.15) is 0 Å². The molecule has 0 bridgehead atoms. The van der Waals surface area contributed by atoms with E-state index in [1.807, 2.05) is 61.5 Å². The van der Waals surface area contributed by atoms with Crippen LogP contribution in [0.25, 0.3) is 17.5 Å². The highest BCUT2D eigenvalue weighted by Crippen LogP contribution is 2.14. The molecule has 2 aromatic carbocycles. The number of aryl methyl sites for hydroxylation is 1. The number of benzene rings is 2. The lowest BCUT2D eigenvalue weighted by Crippen LogP contribution is -2.08. The zero-order chi connectivity index (χ0) is 16.8. The summed E-state index contributed by atoms with van der Waals surface area (Å²) in [5, 5.41) is 2.75. The standard InChI is InChI=1S/C20H17N3O/c1-15-7-9-16(10-8-15)11-12-19(24)23-18-13-21-20(22-14-18)17-5-3-2-4-6-17/h2-14H,1H3,(H,23,24)/b12-11+. The highest BCUT2D eigenvalue weighted by Gasteiger charge is 2.02. The summed E-state index contributed by atoms with van der Waals surface area (Å²) in [7, 11) is 0. The molecule has 0 fully saturated rings. The van der Waals surface area contributed by atoms with Gasteiger partial charge < -0.3 is 5.32 Å². The fraction of sp³-hybridized carbons (Fsp3) is 0.0500. The molecule has 1 aromatic heterocycles. The number of carbonyl (C=O) groups is 1. The molecule has 0 unspecified atom stereocenters. The maximum atomic E-state index is 12.0. The van der Waals surface area contributed by atoms with Crippen LogP contribution in [0.3, 0.4) is 0 Å². The first-order valence-corrected chi connectivity index (χ1v) is 7.64. The Bertz CT molecular complexity index is 838. The molecule has 118 valence electrons. The van der Waals surface area contributed by atoms with E-state index < -0.39 is 0 Å². The van der Waals surface area contributed by atoms with Crippen molar-refractivity contribution < 1.29 is 4.79 Å². The predicted octanol–water partition coefficient (Wildman–Crippen LogP) is 4.10. The Morgan fingerprint density at radius 3 is 2.29 bits per heavy atom. The van der Waals surface area contributed by atoms with Gasteiger partial charge in [-0.2, -0.15) is 0 Å². The van der Waals surface area contributed by atoms with Crippen LogP contribution in [0.1, 0.15) is 11.1 Å². The molecule has 0 aliphatic rings. The summed E-state index contributed by atoms with van der Waals surface area (Å²) < 4.78 is 0. The molecule has 1 amide bonds. The minimum absolute atomic E-state index is 0.216. The van der Waals surface area contributed by atoms with Crippen LogP contribution >= 0.6 is 0 Å². The van der Waals surface area contributed by atoms with Crippen molar-refractivity contribution in [1.29, 1.82) is 0 Å². The van der Waals surface area contributed by atoms with Crippen molar-refractivity contribution in [3.63, 3.8) is 0 Å². The summed E-state index contributed by atoms with van der Waals surface area (Å²) in [6.07, 6.45) is 6.48. The largest absolute Gasteiger partial charge is 0.320 e. The lowest BCUT2D eigenvalue weighted by molar-refractivity contribution is -0.111. The number of carbonyl (C=O) groups excluding carboxylic acids is 1. The normalized spacial score (nSPS) is 10.7. The molecule has 0 aliphatic carbocycles. The van der Waals surface area contributed by atoms with Gasteiger partial charge in [-0.1, -0.05) is 60.2 Å². The molecular formula is C20H17N3O. The minimum Gasteiger partial charge on any atom is -0.320 e. The Morgan fingerprint density at radius 1 is 0.958 bits per heavy atom. The van der Waals surface area contributed by atoms with E-state index in [-0.39, 0.29) is 5.91 Å². The first-order chi connectivity index (χ1) is 11.7. The van der Waals surface area contributed by atoms with Gasteiger partial charge in [0.05, 0.1) is 18.1 Å². The third kappa shape index (κ3) is 4.14. The van der Waals surface area contributed by atoms with E-state index in [9.17, 15) is 4.79 Å². The lowest BCUT2D eigenvalue weighted by Gasteiger charge is -2.03. The van der Waals surface area contributed by atoms with Gasteiger partial charge in [0.15, 0.2) is 5.82 Å². The van der Waals surface area contributed by atoms with Crippen molar-refractivity contribution in [2.24, 2.45) is 0 Å². The topological polar surface area (TPSA) is 54.9 Å². The maximum Gasteiger partial charge on any atom is 0.248 e. The average Bonchev–Trinajstić information content (AvgIpc) is 2.63. The van der Waals surface area contributed by atoms with Crippen molar-refractivity contribution in [2.75, 3.05) is 5.32 Å². The summed E-state index contributed by atoms with van der Waals surface area (Å²) >= 11 is 0. The van der Waals surface area contributed by atoms with Gasteiger partial charge in [-0.25, -0.2) is 9.97 Å². The summed E-state index contributed by atoms with van der Waals surface area (Å²) in [6, 6.07) is 17.7. The molecule has 3 rings (SSSR count). The minimum atomic E-state index is -0.216. The number of aromatic nitrogens is 2. The van der Waals surface area contributed by atoms with E-state index in [4.69, 9.17) is 0 Å². The summed E-state index contributed by atoms with van der Waals surface area (Å²) in [4.78, 5) is 20.5. The Kier molecular flexibility index (Phi) is 4.77. The van der Waals surface area contributed by atoms with Crippen molar-refractivity contribution in [3.05, 3.63) is 84.2 Å². The van der Waals surface area contributed by atoms with E-state index in [2.05, 4.69) is 15.3 Å². The molecule has 1 N–H and O–H groups in total. The average molecular weight is 315 g/mol. The fourth-order valence-electron chi connectivity index (χ4n) is 2.16. The first-order valence-electron chi connectivity index (χ1n) is 7.64. The molecule has 24 heavy (non-hydrogen) atoms. The van der Waals surface area contributed by atoms with Crippen LogP contribution < -0.4 is 5.32 Å². The van der Waals surface area contributed by atoms with E-state index in [1.165, 1.54) is 11.6 Å². The molecule has 0 spiro atoms. The number of hydrogen-bond donors (Lipinski definition) is 1. The number of nitrogens with zero attached hydrogens (tertiary/aromatic N) is 2. The van der Waals surface area contributed by atoms with Crippen LogP contribution in [0.15, 0.2) is 73.1 Å². The van der Waals surface area contributed by atoms with Gasteiger partial charge in [0.2, 0.25) is 5.91 Å². The van der Waals surface area contributed by atoms with Gasteiger partial charge in [0, 0.05) is 11.6 Å². The molecule has 1 heterocycles. The molecule has 0 aliphatic heterocycles. The Labute approximate surface area is 140 Å². The van der Waals surface area contributed by atoms with Crippen molar-refractivity contribution >= 4 is 17.7 Å². The molecule has 3 aromatic rings. The maximum absolute atomic E-state index is 12.0. The summed E-state index contributed by atoms with van der Waals surface area (Å²) in [6.45, 7) is 2.03. The Hall–Kier alpha value is -3.27. The molecule has 0 atom stereocenters. The van der Waals surface area contributed by atoms with E-state index in [0.717, 1.165) is 11.1 Å². The van der Waals surface area contributed by atoms with Gasteiger partial charge in [-0.05, 0) is 18.6 Å². The van der Waals surface area contributed by atoms with Gasteiger partial charge in [0.25, 0.3) is 0 Å². The number of anilines is 1. The Balaban J connectivity index is 1.63. The zero-order valence-corrected chi connectivity index (χ0v) is 13.3. The molecule has 4 heteroatoms. The quantitative estimate of drug-likeness (QED) is 0.737. The van der Waals surface area contributed by atoms with Gasteiger partial charge in [-0.15, -0.1) is 0 Å². The van der Waals surface area contributed by atoms with Crippen LogP contribution in [-0.4, -0.2) is 15.9 Å². The first kappa shape index (κ1) is 15.6. The highest BCUT2D eigenvalue weighted by atomic mass is 16.1. The van der Waals surface area contributed by atoms with E-state index in [0.29, 0.717) is 11.5 Å². The number of hydrogen-bond acceptors (Lipinski definition) is 3. The van der Waals surface area contributed by atoms with Crippen molar-refractivity contribution in [1.82, 2.24) is 9.97 Å². The van der Waals surface area contributed by atoms with Gasteiger partial charge >= 0.3 is 0 Å². The third-order valence-electron chi connectivity index (χ3n) is 3.46. The van der Waals surface area contributed by atoms with Crippen LogP contribution in [0, 0.1) is 6.92 Å². The number of amides is 1. The highest BCUT2D eigenvalue weighted by molar-refractivity contribution is 6.01. The number of nitrogens with one attached hydrogen (secondary N) is 1. The zero-order valence-electron chi connectivity index (χ0n) is 13.3. The Morgan fingerprint density at radius 2 is 1.62 bits per heavy atom. The van der Waals surface area contributed by atoms with Crippen molar-refractivity contribution in [3.8, 4) is 11.4 Å². The summed E-state index contributed by atoms with van der Waals surface area (Å²) in [5.74, 6) is 0.412.